The van der Waals surface area contributed by atoms with E-state index in [4.69, 9.17) is 39.5 Å². The largest absolute Gasteiger partial charge is 0.466 e. The Balaban J connectivity index is 2.63. The van der Waals surface area contributed by atoms with Gasteiger partial charge in [0.05, 0.1) is 29.5 Å². The van der Waals surface area contributed by atoms with Crippen molar-refractivity contribution in [2.75, 3.05) is 6.61 Å². The van der Waals surface area contributed by atoms with Gasteiger partial charge in [0.25, 0.3) is 0 Å². The lowest BCUT2D eigenvalue weighted by Crippen LogP contribution is -2.12. The lowest BCUT2D eigenvalue weighted by molar-refractivity contribution is -0.146. The van der Waals surface area contributed by atoms with Crippen LogP contribution in [-0.4, -0.2) is 18.5 Å². The molecule has 0 amide bonds. The normalized spacial score (nSPS) is 10.1. The molecule has 0 aliphatic rings. The van der Waals surface area contributed by atoms with Gasteiger partial charge < -0.3 is 9.47 Å². The van der Waals surface area contributed by atoms with Crippen molar-refractivity contribution in [2.24, 2.45) is 0 Å². The number of hydrogen-bond donors (Lipinski definition) is 0. The van der Waals surface area contributed by atoms with Gasteiger partial charge in [-0.3, -0.25) is 9.59 Å². The number of benzene rings is 1. The highest BCUT2D eigenvalue weighted by molar-refractivity contribution is 6.44. The Kier molecular flexibility index (Phi) is 6.42. The van der Waals surface area contributed by atoms with Crippen LogP contribution in [0.3, 0.4) is 0 Å². The molecule has 0 N–H and O–H groups in total. The molecule has 0 aromatic heterocycles. The van der Waals surface area contributed by atoms with Crippen molar-refractivity contribution in [3.05, 3.63) is 27.2 Å². The Hall–Kier alpha value is -0.970. The molecule has 0 aliphatic carbocycles. The number of rotatable bonds is 5. The first-order chi connectivity index (χ1) is 8.95. The minimum Gasteiger partial charge on any atom is -0.466 e. The van der Waals surface area contributed by atoms with Gasteiger partial charge in [-0.05, 0) is 19.1 Å². The Morgan fingerprint density at radius 2 is 1.63 bits per heavy atom. The molecule has 104 valence electrons. The molecule has 7 heteroatoms. The molecule has 0 radical (unpaired) electrons. The highest BCUT2D eigenvalue weighted by atomic mass is 35.5. The molecule has 1 rings (SSSR count). The Labute approximate surface area is 125 Å². The lowest BCUT2D eigenvalue weighted by atomic mass is 10.3. The summed E-state index contributed by atoms with van der Waals surface area (Å²) in [6, 6.07) is 2.95. The summed E-state index contributed by atoms with van der Waals surface area (Å²) in [5, 5.41) is 0.441. The maximum Gasteiger partial charge on any atom is 0.311 e. The van der Waals surface area contributed by atoms with Gasteiger partial charge in [0.1, 0.15) is 5.02 Å². The first kappa shape index (κ1) is 16.1. The number of ether oxygens (including phenoxy) is 2. The van der Waals surface area contributed by atoms with E-state index in [1.807, 2.05) is 0 Å². The molecular weight excluding hydrogens is 314 g/mol. The Bertz CT molecular complexity index is 488. The molecule has 0 saturated carbocycles. The first-order valence-electron chi connectivity index (χ1n) is 5.45. The monoisotopic (exact) mass is 324 g/mol. The van der Waals surface area contributed by atoms with E-state index in [9.17, 15) is 9.59 Å². The van der Waals surface area contributed by atoms with Crippen LogP contribution >= 0.6 is 34.8 Å². The molecule has 1 aromatic carbocycles. The van der Waals surface area contributed by atoms with E-state index in [-0.39, 0.29) is 40.3 Å². The summed E-state index contributed by atoms with van der Waals surface area (Å²) in [7, 11) is 0. The minimum atomic E-state index is -0.640. The van der Waals surface area contributed by atoms with Gasteiger partial charge in [0.2, 0.25) is 0 Å². The molecule has 0 aliphatic heterocycles. The minimum absolute atomic E-state index is 0.00954. The summed E-state index contributed by atoms with van der Waals surface area (Å²) in [6.45, 7) is 1.95. The average Bonchev–Trinajstić information content (AvgIpc) is 2.37. The zero-order valence-electron chi connectivity index (χ0n) is 10.0. The topological polar surface area (TPSA) is 52.6 Å². The van der Waals surface area contributed by atoms with Crippen LogP contribution < -0.4 is 4.74 Å². The van der Waals surface area contributed by atoms with Crippen LogP contribution in [0.5, 0.6) is 5.75 Å². The van der Waals surface area contributed by atoms with E-state index in [1.165, 1.54) is 12.1 Å². The molecule has 0 spiro atoms. The maximum absolute atomic E-state index is 11.5. The van der Waals surface area contributed by atoms with Crippen LogP contribution in [0.15, 0.2) is 12.1 Å². The predicted molar refractivity (Wildman–Crippen MR) is 73.0 cm³/mol. The second-order valence-electron chi connectivity index (χ2n) is 3.45. The summed E-state index contributed by atoms with van der Waals surface area (Å²) in [6.07, 6.45) is -0.194. The van der Waals surface area contributed by atoms with Crippen molar-refractivity contribution < 1.29 is 19.1 Å². The molecule has 0 saturated heterocycles. The number of hydrogen-bond acceptors (Lipinski definition) is 4. The third-order valence-corrected chi connectivity index (χ3v) is 3.14. The summed E-state index contributed by atoms with van der Waals surface area (Å²) in [5.74, 6) is -1.12. The van der Waals surface area contributed by atoms with Crippen LogP contribution in [0.25, 0.3) is 0 Å². The molecule has 19 heavy (non-hydrogen) atoms. The van der Waals surface area contributed by atoms with Crippen molar-refractivity contribution in [1.29, 1.82) is 0 Å². The van der Waals surface area contributed by atoms with E-state index in [0.29, 0.717) is 0 Å². The van der Waals surface area contributed by atoms with E-state index >= 15 is 0 Å². The molecule has 0 atom stereocenters. The fourth-order valence-corrected chi connectivity index (χ4v) is 1.80. The van der Waals surface area contributed by atoms with Crippen molar-refractivity contribution >= 4 is 46.7 Å². The first-order valence-corrected chi connectivity index (χ1v) is 6.59. The van der Waals surface area contributed by atoms with Crippen LogP contribution in [-0.2, 0) is 14.3 Å². The molecule has 0 bridgehead atoms. The van der Waals surface area contributed by atoms with Gasteiger partial charge in [-0.15, -0.1) is 0 Å². The summed E-state index contributed by atoms with van der Waals surface area (Å²) in [4.78, 5) is 22.6. The van der Waals surface area contributed by atoms with E-state index in [0.717, 1.165) is 0 Å². The second-order valence-corrected chi connectivity index (χ2v) is 4.64. The van der Waals surface area contributed by atoms with Gasteiger partial charge in [-0.2, -0.15) is 0 Å². The van der Waals surface area contributed by atoms with E-state index < -0.39 is 11.9 Å². The number of carbonyl (C=O) groups is 2. The summed E-state index contributed by atoms with van der Waals surface area (Å²) < 4.78 is 9.68. The third-order valence-electron chi connectivity index (χ3n) is 2.06. The Morgan fingerprint density at radius 3 is 2.26 bits per heavy atom. The van der Waals surface area contributed by atoms with Crippen LogP contribution in [0.1, 0.15) is 19.8 Å². The van der Waals surface area contributed by atoms with Crippen molar-refractivity contribution in [1.82, 2.24) is 0 Å². The molecule has 0 fully saturated rings. The molecule has 0 unspecified atom stereocenters. The number of esters is 2. The van der Waals surface area contributed by atoms with Gasteiger partial charge in [-0.25, -0.2) is 0 Å². The van der Waals surface area contributed by atoms with Gasteiger partial charge >= 0.3 is 11.9 Å². The maximum atomic E-state index is 11.5. The molecule has 4 nitrogen and oxygen atoms in total. The zero-order chi connectivity index (χ0) is 14.4. The van der Waals surface area contributed by atoms with Crippen LogP contribution in [0.4, 0.5) is 0 Å². The van der Waals surface area contributed by atoms with Crippen molar-refractivity contribution in [2.45, 2.75) is 19.8 Å². The molecule has 0 heterocycles. The van der Waals surface area contributed by atoms with Gasteiger partial charge in [0, 0.05) is 0 Å². The smallest absolute Gasteiger partial charge is 0.311 e. The number of carbonyl (C=O) groups excluding carboxylic acids is 2. The fourth-order valence-electron chi connectivity index (χ4n) is 1.20. The summed E-state index contributed by atoms with van der Waals surface area (Å²) in [5.41, 5.74) is 0. The quantitative estimate of drug-likeness (QED) is 0.468. The Morgan fingerprint density at radius 1 is 1.05 bits per heavy atom. The van der Waals surface area contributed by atoms with E-state index in [2.05, 4.69) is 4.74 Å². The van der Waals surface area contributed by atoms with Crippen molar-refractivity contribution in [3.63, 3.8) is 0 Å². The second kappa shape index (κ2) is 7.58. The average molecular weight is 326 g/mol. The fraction of sp³-hybridized carbons (Fsp3) is 0.333. The summed E-state index contributed by atoms with van der Waals surface area (Å²) >= 11 is 17.5. The van der Waals surface area contributed by atoms with Crippen LogP contribution in [0, 0.1) is 0 Å². The highest BCUT2D eigenvalue weighted by Gasteiger charge is 2.16. The highest BCUT2D eigenvalue weighted by Crippen LogP contribution is 2.38. The molecule has 1 aromatic rings. The SMILES string of the molecule is CCOC(=O)CCC(=O)Oc1c(Cl)ccc(Cl)c1Cl. The molecular formula is C12H11Cl3O4. The van der Waals surface area contributed by atoms with Crippen LogP contribution in [0.2, 0.25) is 15.1 Å². The van der Waals surface area contributed by atoms with Crippen molar-refractivity contribution in [3.8, 4) is 5.75 Å². The zero-order valence-corrected chi connectivity index (χ0v) is 12.3. The van der Waals surface area contributed by atoms with Gasteiger partial charge in [-0.1, -0.05) is 34.8 Å². The third kappa shape index (κ3) is 4.90. The predicted octanol–water partition coefficient (Wildman–Crippen LogP) is 3.90. The lowest BCUT2D eigenvalue weighted by Gasteiger charge is -2.09. The van der Waals surface area contributed by atoms with Gasteiger partial charge in [0.15, 0.2) is 5.75 Å². The van der Waals surface area contributed by atoms with E-state index in [1.54, 1.807) is 6.92 Å². The standard InChI is InChI=1S/C12H11Cl3O4/c1-2-18-9(16)5-6-10(17)19-12-8(14)4-3-7(13)11(12)15/h3-4H,2,5-6H2,1H3. The number of halogens is 3.